The van der Waals surface area contributed by atoms with Gasteiger partial charge >= 0.3 is 0 Å². The van der Waals surface area contributed by atoms with Gasteiger partial charge in [-0.1, -0.05) is 44.2 Å². The highest BCUT2D eigenvalue weighted by atomic mass is 16.7. The molecule has 17 heavy (non-hydrogen) atoms. The first-order valence-electron chi connectivity index (χ1n) is 6.08. The van der Waals surface area contributed by atoms with E-state index in [2.05, 4.69) is 43.4 Å². The van der Waals surface area contributed by atoms with Gasteiger partial charge in [-0.2, -0.15) is 0 Å². The second-order valence-electron chi connectivity index (χ2n) is 4.49. The molecule has 1 aromatic rings. The highest BCUT2D eigenvalue weighted by Gasteiger charge is 2.12. The summed E-state index contributed by atoms with van der Waals surface area (Å²) in [7, 11) is 1.64. The second kappa shape index (κ2) is 8.23. The summed E-state index contributed by atoms with van der Waals surface area (Å²) in [5, 5.41) is 3.51. The number of methoxy groups -OCH3 is 1. The Bertz CT molecular complexity index is 288. The molecule has 1 rings (SSSR count). The maximum absolute atomic E-state index is 5.41. The van der Waals surface area contributed by atoms with Crippen molar-refractivity contribution in [3.8, 4) is 0 Å². The minimum absolute atomic E-state index is 0.352. The molecule has 3 nitrogen and oxygen atoms in total. The van der Waals surface area contributed by atoms with Crippen LogP contribution < -0.4 is 5.32 Å². The van der Waals surface area contributed by atoms with E-state index in [1.807, 2.05) is 6.07 Å². The van der Waals surface area contributed by atoms with E-state index < -0.39 is 0 Å². The molecule has 1 atom stereocenters. The minimum Gasteiger partial charge on any atom is -0.359 e. The van der Waals surface area contributed by atoms with Crippen molar-refractivity contribution < 1.29 is 9.47 Å². The van der Waals surface area contributed by atoms with Crippen molar-refractivity contribution in [3.63, 3.8) is 0 Å². The summed E-state index contributed by atoms with van der Waals surface area (Å²) >= 11 is 0. The van der Waals surface area contributed by atoms with Gasteiger partial charge < -0.3 is 14.8 Å². The molecule has 0 aliphatic heterocycles. The summed E-state index contributed by atoms with van der Waals surface area (Å²) in [6, 6.07) is 10.8. The van der Waals surface area contributed by atoms with E-state index >= 15 is 0 Å². The molecule has 0 spiro atoms. The third-order valence-electron chi connectivity index (χ3n) is 2.71. The highest BCUT2D eigenvalue weighted by molar-refractivity contribution is 5.14. The maximum atomic E-state index is 5.41. The summed E-state index contributed by atoms with van der Waals surface area (Å²) in [5.41, 5.74) is 1.30. The molecular formula is C14H23NO2. The van der Waals surface area contributed by atoms with E-state index in [9.17, 15) is 0 Å². The Hall–Kier alpha value is -0.900. The zero-order chi connectivity index (χ0) is 12.5. The average molecular weight is 237 g/mol. The fourth-order valence-corrected chi connectivity index (χ4v) is 1.59. The number of ether oxygens (including phenoxy) is 2. The molecule has 1 aromatic carbocycles. The number of hydrogen-bond acceptors (Lipinski definition) is 3. The molecule has 3 heteroatoms. The van der Waals surface area contributed by atoms with Crippen LogP contribution in [0.15, 0.2) is 30.3 Å². The molecule has 0 fully saturated rings. The molecule has 0 aliphatic carbocycles. The van der Waals surface area contributed by atoms with Crippen molar-refractivity contribution in [2.45, 2.75) is 26.4 Å². The van der Waals surface area contributed by atoms with Crippen molar-refractivity contribution >= 4 is 0 Å². The summed E-state index contributed by atoms with van der Waals surface area (Å²) in [4.78, 5) is 0. The van der Waals surface area contributed by atoms with Gasteiger partial charge in [0.25, 0.3) is 0 Å². The fourth-order valence-electron chi connectivity index (χ4n) is 1.59. The molecule has 0 amide bonds. The van der Waals surface area contributed by atoms with Crippen LogP contribution >= 0.6 is 0 Å². The zero-order valence-corrected chi connectivity index (χ0v) is 11.0. The lowest BCUT2D eigenvalue weighted by atomic mass is 10.1. The standard InChI is InChI=1S/C14H23NO2/c1-12(2)14(10-17-11-16-3)15-9-13-7-5-4-6-8-13/h4-8,12,14-15H,9-11H2,1-3H3/t14-/m1/s1. The fraction of sp³-hybridized carbons (Fsp3) is 0.571. The van der Waals surface area contributed by atoms with E-state index in [-0.39, 0.29) is 0 Å². The molecule has 0 aliphatic rings. The topological polar surface area (TPSA) is 30.5 Å². The highest BCUT2D eigenvalue weighted by Crippen LogP contribution is 2.05. The third-order valence-corrected chi connectivity index (χ3v) is 2.71. The van der Waals surface area contributed by atoms with Gasteiger partial charge in [0.15, 0.2) is 0 Å². The third kappa shape index (κ3) is 5.82. The Morgan fingerprint density at radius 2 is 1.88 bits per heavy atom. The lowest BCUT2D eigenvalue weighted by Crippen LogP contribution is -2.37. The Labute approximate surface area is 104 Å². The van der Waals surface area contributed by atoms with E-state index in [1.165, 1.54) is 5.56 Å². The largest absolute Gasteiger partial charge is 0.359 e. The van der Waals surface area contributed by atoms with E-state index in [0.29, 0.717) is 25.4 Å². The number of rotatable bonds is 8. The van der Waals surface area contributed by atoms with Gasteiger partial charge in [-0.3, -0.25) is 0 Å². The van der Waals surface area contributed by atoms with E-state index in [0.717, 1.165) is 6.54 Å². The zero-order valence-electron chi connectivity index (χ0n) is 11.0. The van der Waals surface area contributed by atoms with Crippen molar-refractivity contribution in [1.82, 2.24) is 5.32 Å². The molecule has 96 valence electrons. The Morgan fingerprint density at radius 1 is 1.18 bits per heavy atom. The van der Waals surface area contributed by atoms with Crippen molar-refractivity contribution in [3.05, 3.63) is 35.9 Å². The average Bonchev–Trinajstić information content (AvgIpc) is 2.34. The predicted molar refractivity (Wildman–Crippen MR) is 69.7 cm³/mol. The lowest BCUT2D eigenvalue weighted by molar-refractivity contribution is -0.0418. The van der Waals surface area contributed by atoms with E-state index in [4.69, 9.17) is 9.47 Å². The molecule has 0 aromatic heterocycles. The van der Waals surface area contributed by atoms with Crippen LogP contribution in [0.5, 0.6) is 0 Å². The van der Waals surface area contributed by atoms with Crippen molar-refractivity contribution in [2.75, 3.05) is 20.5 Å². The quantitative estimate of drug-likeness (QED) is 0.556. The van der Waals surface area contributed by atoms with Crippen LogP contribution in [0.2, 0.25) is 0 Å². The van der Waals surface area contributed by atoms with Crippen molar-refractivity contribution in [2.24, 2.45) is 5.92 Å². The first-order chi connectivity index (χ1) is 8.24. The van der Waals surface area contributed by atoms with Crippen LogP contribution in [0.1, 0.15) is 19.4 Å². The van der Waals surface area contributed by atoms with Crippen LogP contribution in [0.3, 0.4) is 0 Å². The van der Waals surface area contributed by atoms with Crippen LogP contribution in [0.25, 0.3) is 0 Å². The molecule has 0 radical (unpaired) electrons. The Morgan fingerprint density at radius 3 is 2.47 bits per heavy atom. The summed E-state index contributed by atoms with van der Waals surface area (Å²) in [6.07, 6.45) is 0. The first-order valence-corrected chi connectivity index (χ1v) is 6.08. The molecule has 0 unspecified atom stereocenters. The molecule has 0 heterocycles. The molecule has 0 saturated heterocycles. The molecule has 1 N–H and O–H groups in total. The second-order valence-corrected chi connectivity index (χ2v) is 4.49. The predicted octanol–water partition coefficient (Wildman–Crippen LogP) is 2.42. The lowest BCUT2D eigenvalue weighted by Gasteiger charge is -2.22. The number of hydrogen-bond donors (Lipinski definition) is 1. The van der Waals surface area contributed by atoms with Gasteiger partial charge in [-0.05, 0) is 11.5 Å². The molecular weight excluding hydrogens is 214 g/mol. The maximum Gasteiger partial charge on any atom is 0.146 e. The summed E-state index contributed by atoms with van der Waals surface area (Å²) in [5.74, 6) is 0.538. The van der Waals surface area contributed by atoms with Gasteiger partial charge in [-0.25, -0.2) is 0 Å². The minimum atomic E-state index is 0.352. The van der Waals surface area contributed by atoms with Crippen LogP contribution in [0, 0.1) is 5.92 Å². The Balaban J connectivity index is 2.34. The van der Waals surface area contributed by atoms with Gasteiger partial charge in [0.05, 0.1) is 6.61 Å². The summed E-state index contributed by atoms with van der Waals surface area (Å²) < 4.78 is 10.3. The normalized spacial score (nSPS) is 12.9. The van der Waals surface area contributed by atoms with Gasteiger partial charge in [0.1, 0.15) is 6.79 Å². The van der Waals surface area contributed by atoms with Gasteiger partial charge in [0.2, 0.25) is 0 Å². The molecule has 0 saturated carbocycles. The van der Waals surface area contributed by atoms with Gasteiger partial charge in [-0.15, -0.1) is 0 Å². The van der Waals surface area contributed by atoms with E-state index in [1.54, 1.807) is 7.11 Å². The van der Waals surface area contributed by atoms with Crippen LogP contribution in [-0.2, 0) is 16.0 Å². The van der Waals surface area contributed by atoms with Gasteiger partial charge in [0, 0.05) is 19.7 Å². The van der Waals surface area contributed by atoms with Crippen LogP contribution in [0.4, 0.5) is 0 Å². The SMILES string of the molecule is COCOC[C@@H](NCc1ccccc1)C(C)C. The van der Waals surface area contributed by atoms with Crippen LogP contribution in [-0.4, -0.2) is 26.6 Å². The number of nitrogens with one attached hydrogen (secondary N) is 1. The molecule has 0 bridgehead atoms. The summed E-state index contributed by atoms with van der Waals surface area (Å²) in [6.45, 7) is 6.30. The number of benzene rings is 1. The monoisotopic (exact) mass is 237 g/mol. The Kier molecular flexibility index (Phi) is 6.86. The first kappa shape index (κ1) is 14.2. The van der Waals surface area contributed by atoms with Crippen molar-refractivity contribution in [1.29, 1.82) is 0 Å². The smallest absolute Gasteiger partial charge is 0.146 e.